The van der Waals surface area contributed by atoms with Crippen LogP contribution in [0, 0.1) is 0 Å². The molecule has 2 heterocycles. The summed E-state index contributed by atoms with van der Waals surface area (Å²) in [5.74, 6) is 1.13. The van der Waals surface area contributed by atoms with Gasteiger partial charge in [-0.3, -0.25) is 0 Å². The van der Waals surface area contributed by atoms with Gasteiger partial charge in [0.15, 0.2) is 0 Å². The van der Waals surface area contributed by atoms with Crippen LogP contribution in [0.4, 0.5) is 5.82 Å². The van der Waals surface area contributed by atoms with E-state index in [4.69, 9.17) is 4.74 Å². The Bertz CT molecular complexity index is 406. The fourth-order valence-corrected chi connectivity index (χ4v) is 2.41. The van der Waals surface area contributed by atoms with Gasteiger partial charge in [0.2, 0.25) is 0 Å². The topological polar surface area (TPSA) is 37.4 Å². The van der Waals surface area contributed by atoms with Crippen LogP contribution in [0.3, 0.4) is 0 Å². The Labute approximate surface area is 108 Å². The first-order valence-electron chi connectivity index (χ1n) is 6.86. The summed E-state index contributed by atoms with van der Waals surface area (Å²) < 4.78 is 5.50. The largest absolute Gasteiger partial charge is 0.377 e. The van der Waals surface area contributed by atoms with Gasteiger partial charge in [0.05, 0.1) is 19.3 Å². The molecule has 0 bridgehead atoms. The highest BCUT2D eigenvalue weighted by molar-refractivity contribution is 5.48. The van der Waals surface area contributed by atoms with Crippen LogP contribution in [-0.4, -0.2) is 36.8 Å². The van der Waals surface area contributed by atoms with Gasteiger partial charge in [-0.25, -0.2) is 4.98 Å². The van der Waals surface area contributed by atoms with Crippen molar-refractivity contribution in [1.82, 2.24) is 10.3 Å². The van der Waals surface area contributed by atoms with Gasteiger partial charge >= 0.3 is 0 Å². The maximum Gasteiger partial charge on any atom is 0.133 e. The zero-order chi connectivity index (χ0) is 12.4. The first-order chi connectivity index (χ1) is 8.84. The van der Waals surface area contributed by atoms with Gasteiger partial charge in [-0.1, -0.05) is 6.07 Å². The van der Waals surface area contributed by atoms with Crippen LogP contribution in [0.1, 0.15) is 25.3 Å². The second-order valence-electron chi connectivity index (χ2n) is 5.26. The highest BCUT2D eigenvalue weighted by Gasteiger charge is 2.24. The molecule has 1 saturated heterocycles. The van der Waals surface area contributed by atoms with Crippen molar-refractivity contribution < 1.29 is 4.74 Å². The molecule has 2 aliphatic rings. The Morgan fingerprint density at radius 3 is 3.17 bits per heavy atom. The molecule has 4 nitrogen and oxygen atoms in total. The lowest BCUT2D eigenvalue weighted by molar-refractivity contribution is 0.0984. The molecular weight excluding hydrogens is 226 g/mol. The van der Waals surface area contributed by atoms with Gasteiger partial charge in [-0.15, -0.1) is 0 Å². The second-order valence-corrected chi connectivity index (χ2v) is 5.26. The number of ether oxygens (including phenoxy) is 1. The van der Waals surface area contributed by atoms with Crippen LogP contribution in [0.2, 0.25) is 0 Å². The van der Waals surface area contributed by atoms with Crippen LogP contribution in [0.5, 0.6) is 0 Å². The minimum atomic E-state index is 0.410. The first kappa shape index (κ1) is 11.9. The number of nitrogens with zero attached hydrogens (tertiary/aromatic N) is 2. The zero-order valence-corrected chi connectivity index (χ0v) is 10.9. The van der Waals surface area contributed by atoms with Gasteiger partial charge < -0.3 is 15.0 Å². The fraction of sp³-hybridized carbons (Fsp3) is 0.643. The summed E-state index contributed by atoms with van der Waals surface area (Å²) in [4.78, 5) is 6.95. The lowest BCUT2D eigenvalue weighted by Crippen LogP contribution is -2.44. The number of pyridine rings is 1. The number of anilines is 1. The molecule has 4 heteroatoms. The highest BCUT2D eigenvalue weighted by atomic mass is 16.5. The van der Waals surface area contributed by atoms with E-state index in [0.717, 1.165) is 38.2 Å². The predicted octanol–water partition coefficient (Wildman–Crippen LogP) is 1.56. The standard InChI is InChI=1S/C14H21N3O/c1-11-10-18-8-7-17(11)14-12(3-2-6-15-14)9-16-13-4-5-13/h2-3,6,11,13,16H,4-5,7-10H2,1H3. The third-order valence-corrected chi connectivity index (χ3v) is 3.67. The second kappa shape index (κ2) is 5.24. The molecule has 1 aliphatic carbocycles. The Kier molecular flexibility index (Phi) is 3.48. The smallest absolute Gasteiger partial charge is 0.133 e. The van der Waals surface area contributed by atoms with Crippen molar-refractivity contribution in [3.05, 3.63) is 23.9 Å². The maximum absolute atomic E-state index is 5.50. The van der Waals surface area contributed by atoms with E-state index in [9.17, 15) is 0 Å². The Morgan fingerprint density at radius 1 is 1.50 bits per heavy atom. The summed E-state index contributed by atoms with van der Waals surface area (Å²) in [6, 6.07) is 5.35. The molecule has 1 saturated carbocycles. The first-order valence-corrected chi connectivity index (χ1v) is 6.86. The zero-order valence-electron chi connectivity index (χ0n) is 10.9. The van der Waals surface area contributed by atoms with Crippen molar-refractivity contribution in [2.45, 2.75) is 38.4 Å². The van der Waals surface area contributed by atoms with Crippen molar-refractivity contribution in [3.8, 4) is 0 Å². The van der Waals surface area contributed by atoms with E-state index in [2.05, 4.69) is 28.2 Å². The molecular formula is C14H21N3O. The minimum absolute atomic E-state index is 0.410. The summed E-state index contributed by atoms with van der Waals surface area (Å²) in [6.45, 7) is 5.67. The molecule has 1 unspecified atom stereocenters. The van der Waals surface area contributed by atoms with Crippen molar-refractivity contribution in [3.63, 3.8) is 0 Å². The number of aromatic nitrogens is 1. The maximum atomic E-state index is 5.50. The van der Waals surface area contributed by atoms with Crippen LogP contribution < -0.4 is 10.2 Å². The van der Waals surface area contributed by atoms with Gasteiger partial charge in [0, 0.05) is 30.9 Å². The Hall–Kier alpha value is -1.13. The summed E-state index contributed by atoms with van der Waals surface area (Å²) in [7, 11) is 0. The number of hydrogen-bond donors (Lipinski definition) is 1. The number of rotatable bonds is 4. The molecule has 0 spiro atoms. The van der Waals surface area contributed by atoms with E-state index in [1.54, 1.807) is 0 Å². The van der Waals surface area contributed by atoms with Crippen LogP contribution in [0.15, 0.2) is 18.3 Å². The average Bonchev–Trinajstić information content (AvgIpc) is 3.22. The van der Waals surface area contributed by atoms with Gasteiger partial charge in [0.25, 0.3) is 0 Å². The van der Waals surface area contributed by atoms with Crippen molar-refractivity contribution in [2.24, 2.45) is 0 Å². The predicted molar refractivity (Wildman–Crippen MR) is 71.7 cm³/mol. The number of hydrogen-bond acceptors (Lipinski definition) is 4. The summed E-state index contributed by atoms with van der Waals surface area (Å²) in [5, 5.41) is 3.57. The SMILES string of the molecule is CC1COCCN1c1ncccc1CNC1CC1. The van der Waals surface area contributed by atoms with Crippen molar-refractivity contribution in [2.75, 3.05) is 24.7 Å². The fourth-order valence-electron chi connectivity index (χ4n) is 2.41. The van der Waals surface area contributed by atoms with E-state index in [1.165, 1.54) is 18.4 Å². The molecule has 0 aromatic carbocycles. The normalized spacial score (nSPS) is 24.3. The molecule has 3 rings (SSSR count). The summed E-state index contributed by atoms with van der Waals surface area (Å²) >= 11 is 0. The van der Waals surface area contributed by atoms with E-state index in [-0.39, 0.29) is 0 Å². The van der Waals surface area contributed by atoms with E-state index in [0.29, 0.717) is 6.04 Å². The summed E-state index contributed by atoms with van der Waals surface area (Å²) in [5.41, 5.74) is 1.30. The Morgan fingerprint density at radius 2 is 2.39 bits per heavy atom. The third kappa shape index (κ3) is 2.65. The monoisotopic (exact) mass is 247 g/mol. The molecule has 1 aromatic heterocycles. The van der Waals surface area contributed by atoms with E-state index < -0.39 is 0 Å². The quantitative estimate of drug-likeness (QED) is 0.876. The van der Waals surface area contributed by atoms with Gasteiger partial charge in [0.1, 0.15) is 5.82 Å². The van der Waals surface area contributed by atoms with Crippen LogP contribution in [0.25, 0.3) is 0 Å². The molecule has 1 atom stereocenters. The van der Waals surface area contributed by atoms with E-state index in [1.807, 2.05) is 12.3 Å². The molecule has 1 aromatic rings. The molecule has 1 aliphatic heterocycles. The summed E-state index contributed by atoms with van der Waals surface area (Å²) in [6.07, 6.45) is 4.53. The third-order valence-electron chi connectivity index (χ3n) is 3.67. The number of morpholine rings is 1. The molecule has 0 radical (unpaired) electrons. The molecule has 2 fully saturated rings. The van der Waals surface area contributed by atoms with Crippen molar-refractivity contribution in [1.29, 1.82) is 0 Å². The van der Waals surface area contributed by atoms with Crippen LogP contribution >= 0.6 is 0 Å². The van der Waals surface area contributed by atoms with Crippen LogP contribution in [-0.2, 0) is 11.3 Å². The molecule has 18 heavy (non-hydrogen) atoms. The van der Waals surface area contributed by atoms with Gasteiger partial charge in [-0.2, -0.15) is 0 Å². The molecule has 1 N–H and O–H groups in total. The Balaban J connectivity index is 1.75. The van der Waals surface area contributed by atoms with E-state index >= 15 is 0 Å². The highest BCUT2D eigenvalue weighted by Crippen LogP contribution is 2.24. The number of nitrogens with one attached hydrogen (secondary N) is 1. The molecule has 0 amide bonds. The van der Waals surface area contributed by atoms with Gasteiger partial charge in [-0.05, 0) is 25.8 Å². The molecule has 98 valence electrons. The lowest BCUT2D eigenvalue weighted by Gasteiger charge is -2.35. The lowest BCUT2D eigenvalue weighted by atomic mass is 10.2. The average molecular weight is 247 g/mol. The minimum Gasteiger partial charge on any atom is -0.377 e. The van der Waals surface area contributed by atoms with Crippen molar-refractivity contribution >= 4 is 5.82 Å².